The SMILES string of the molecule is CC(C)(C)NS(=O)(=O)c1cc(C(=O)N(Cc2ccc(F)cc2)C2CC2)ccc1Cl. The minimum Gasteiger partial charge on any atom is -0.331 e. The lowest BCUT2D eigenvalue weighted by atomic mass is 10.1. The van der Waals surface area contributed by atoms with Crippen molar-refractivity contribution < 1.29 is 17.6 Å². The third-order valence-electron chi connectivity index (χ3n) is 4.42. The van der Waals surface area contributed by atoms with Gasteiger partial charge in [-0.1, -0.05) is 23.7 Å². The molecule has 5 nitrogen and oxygen atoms in total. The van der Waals surface area contributed by atoms with Crippen LogP contribution in [0.3, 0.4) is 0 Å². The molecule has 0 heterocycles. The average molecular weight is 439 g/mol. The molecule has 1 saturated carbocycles. The molecule has 0 saturated heterocycles. The van der Waals surface area contributed by atoms with E-state index in [4.69, 9.17) is 11.6 Å². The Morgan fingerprint density at radius 3 is 2.34 bits per heavy atom. The largest absolute Gasteiger partial charge is 0.331 e. The number of amides is 1. The fourth-order valence-corrected chi connectivity index (χ4v) is 4.95. The maximum atomic E-state index is 13.2. The predicted molar refractivity (Wildman–Crippen MR) is 111 cm³/mol. The maximum absolute atomic E-state index is 13.2. The van der Waals surface area contributed by atoms with Crippen LogP contribution < -0.4 is 4.72 Å². The summed E-state index contributed by atoms with van der Waals surface area (Å²) < 4.78 is 41.2. The number of halogens is 2. The van der Waals surface area contributed by atoms with E-state index in [1.165, 1.54) is 30.3 Å². The standard InChI is InChI=1S/C21H24ClFN2O3S/c1-21(2,3)24-29(27,28)19-12-15(6-11-18(19)22)20(26)25(17-9-10-17)13-14-4-7-16(23)8-5-14/h4-8,11-12,17,24H,9-10,13H2,1-3H3. The maximum Gasteiger partial charge on any atom is 0.254 e. The van der Waals surface area contributed by atoms with Crippen molar-refractivity contribution in [3.05, 3.63) is 64.4 Å². The van der Waals surface area contributed by atoms with Gasteiger partial charge in [-0.05, 0) is 69.5 Å². The van der Waals surface area contributed by atoms with E-state index >= 15 is 0 Å². The zero-order chi connectivity index (χ0) is 21.4. The van der Waals surface area contributed by atoms with Gasteiger partial charge in [-0.2, -0.15) is 0 Å². The summed E-state index contributed by atoms with van der Waals surface area (Å²) in [5.74, 6) is -0.613. The summed E-state index contributed by atoms with van der Waals surface area (Å²) in [4.78, 5) is 14.7. The molecule has 1 fully saturated rings. The average Bonchev–Trinajstić information content (AvgIpc) is 3.44. The number of nitrogens with one attached hydrogen (secondary N) is 1. The van der Waals surface area contributed by atoms with E-state index in [0.717, 1.165) is 18.4 Å². The Bertz CT molecular complexity index is 1010. The molecule has 0 aromatic heterocycles. The van der Waals surface area contributed by atoms with Gasteiger partial charge in [-0.15, -0.1) is 0 Å². The lowest BCUT2D eigenvalue weighted by molar-refractivity contribution is 0.0729. The zero-order valence-corrected chi connectivity index (χ0v) is 18.1. The van der Waals surface area contributed by atoms with E-state index in [9.17, 15) is 17.6 Å². The first-order chi connectivity index (χ1) is 13.5. The van der Waals surface area contributed by atoms with E-state index < -0.39 is 15.6 Å². The highest BCUT2D eigenvalue weighted by molar-refractivity contribution is 7.89. The first-order valence-electron chi connectivity index (χ1n) is 9.35. The van der Waals surface area contributed by atoms with Gasteiger partial charge in [-0.25, -0.2) is 17.5 Å². The van der Waals surface area contributed by atoms with Crippen LogP contribution in [0.15, 0.2) is 47.4 Å². The van der Waals surface area contributed by atoms with Gasteiger partial charge in [0, 0.05) is 23.7 Å². The minimum absolute atomic E-state index is 0.0507. The Balaban J connectivity index is 1.90. The summed E-state index contributed by atoms with van der Waals surface area (Å²) in [6.07, 6.45) is 1.77. The molecule has 2 aromatic carbocycles. The molecule has 156 valence electrons. The van der Waals surface area contributed by atoms with Crippen LogP contribution in [0.1, 0.15) is 49.5 Å². The van der Waals surface area contributed by atoms with Crippen LogP contribution >= 0.6 is 11.6 Å². The molecule has 29 heavy (non-hydrogen) atoms. The van der Waals surface area contributed by atoms with Gasteiger partial charge >= 0.3 is 0 Å². The van der Waals surface area contributed by atoms with Crippen molar-refractivity contribution in [3.63, 3.8) is 0 Å². The topological polar surface area (TPSA) is 66.5 Å². The highest BCUT2D eigenvalue weighted by Gasteiger charge is 2.34. The summed E-state index contributed by atoms with van der Waals surface area (Å²) in [5, 5.41) is 0.0507. The number of carbonyl (C=O) groups is 1. The van der Waals surface area contributed by atoms with E-state index in [1.807, 2.05) is 0 Å². The highest BCUT2D eigenvalue weighted by Crippen LogP contribution is 2.31. The summed E-state index contributed by atoms with van der Waals surface area (Å²) in [7, 11) is -3.89. The third kappa shape index (κ3) is 5.56. The molecule has 1 N–H and O–H groups in total. The number of hydrogen-bond donors (Lipinski definition) is 1. The summed E-state index contributed by atoms with van der Waals surface area (Å²) in [6.45, 7) is 5.51. The van der Waals surface area contributed by atoms with Crippen LogP contribution in [0.5, 0.6) is 0 Å². The summed E-state index contributed by atoms with van der Waals surface area (Å²) in [6, 6.07) is 10.4. The Morgan fingerprint density at radius 2 is 1.79 bits per heavy atom. The first-order valence-corrected chi connectivity index (χ1v) is 11.2. The molecule has 0 unspecified atom stereocenters. The molecule has 0 radical (unpaired) electrons. The molecule has 1 aliphatic rings. The fourth-order valence-electron chi connectivity index (χ4n) is 3.01. The van der Waals surface area contributed by atoms with E-state index in [1.54, 1.807) is 37.8 Å². The lowest BCUT2D eigenvalue weighted by Gasteiger charge is -2.24. The van der Waals surface area contributed by atoms with Gasteiger partial charge in [0.05, 0.1) is 5.02 Å². The fraction of sp³-hybridized carbons (Fsp3) is 0.381. The van der Waals surface area contributed by atoms with Crippen LogP contribution in [0.4, 0.5) is 4.39 Å². The number of carbonyl (C=O) groups excluding carboxylic acids is 1. The van der Waals surface area contributed by atoms with Crippen molar-refractivity contribution in [3.8, 4) is 0 Å². The lowest BCUT2D eigenvalue weighted by Crippen LogP contribution is -2.40. The Kier molecular flexibility index (Phi) is 6.03. The predicted octanol–water partition coefficient (Wildman–Crippen LogP) is 4.36. The summed E-state index contributed by atoms with van der Waals surface area (Å²) in [5.41, 5.74) is 0.366. The van der Waals surface area contributed by atoms with Crippen molar-refractivity contribution in [2.75, 3.05) is 0 Å². The van der Waals surface area contributed by atoms with Gasteiger partial charge in [0.1, 0.15) is 10.7 Å². The third-order valence-corrected chi connectivity index (χ3v) is 6.66. The van der Waals surface area contributed by atoms with Crippen molar-refractivity contribution in [2.45, 2.75) is 56.6 Å². The molecule has 0 atom stereocenters. The van der Waals surface area contributed by atoms with Gasteiger partial charge < -0.3 is 4.90 Å². The van der Waals surface area contributed by atoms with Crippen LogP contribution in [0.25, 0.3) is 0 Å². The second kappa shape index (κ2) is 8.05. The second-order valence-electron chi connectivity index (χ2n) is 8.29. The molecule has 8 heteroatoms. The quantitative estimate of drug-likeness (QED) is 0.728. The van der Waals surface area contributed by atoms with Crippen molar-refractivity contribution in [1.82, 2.24) is 9.62 Å². The van der Waals surface area contributed by atoms with Crippen LogP contribution in [0.2, 0.25) is 5.02 Å². The molecular formula is C21H24ClFN2O3S. The van der Waals surface area contributed by atoms with E-state index in [0.29, 0.717) is 6.54 Å². The number of rotatable bonds is 6. The molecule has 1 aliphatic carbocycles. The van der Waals surface area contributed by atoms with Gasteiger partial charge in [0.2, 0.25) is 10.0 Å². The van der Waals surface area contributed by atoms with Crippen molar-refractivity contribution in [2.24, 2.45) is 0 Å². The molecule has 0 spiro atoms. The Labute approximate surface area is 175 Å². The van der Waals surface area contributed by atoms with Crippen LogP contribution in [-0.2, 0) is 16.6 Å². The van der Waals surface area contributed by atoms with E-state index in [-0.39, 0.29) is 33.2 Å². The van der Waals surface area contributed by atoms with Crippen molar-refractivity contribution >= 4 is 27.5 Å². The number of sulfonamides is 1. The van der Waals surface area contributed by atoms with E-state index in [2.05, 4.69) is 4.72 Å². The zero-order valence-electron chi connectivity index (χ0n) is 16.6. The normalized spacial score (nSPS) is 14.7. The first kappa shape index (κ1) is 21.7. The highest BCUT2D eigenvalue weighted by atomic mass is 35.5. The van der Waals surface area contributed by atoms with Gasteiger partial charge in [0.15, 0.2) is 0 Å². The monoisotopic (exact) mass is 438 g/mol. The molecule has 3 rings (SSSR count). The second-order valence-corrected chi connectivity index (χ2v) is 10.3. The van der Waals surface area contributed by atoms with Crippen LogP contribution in [-0.4, -0.2) is 30.8 Å². The smallest absolute Gasteiger partial charge is 0.254 e. The molecular weight excluding hydrogens is 415 g/mol. The van der Waals surface area contributed by atoms with Gasteiger partial charge in [-0.3, -0.25) is 4.79 Å². The Hall–Kier alpha value is -1.96. The summed E-state index contributed by atoms with van der Waals surface area (Å²) >= 11 is 6.13. The van der Waals surface area contributed by atoms with Crippen LogP contribution in [0, 0.1) is 5.82 Å². The van der Waals surface area contributed by atoms with Gasteiger partial charge in [0.25, 0.3) is 5.91 Å². The number of benzene rings is 2. The number of hydrogen-bond acceptors (Lipinski definition) is 3. The molecule has 0 aliphatic heterocycles. The molecule has 2 aromatic rings. The van der Waals surface area contributed by atoms with Crippen molar-refractivity contribution in [1.29, 1.82) is 0 Å². The minimum atomic E-state index is -3.89. The molecule has 1 amide bonds. The molecule has 0 bridgehead atoms. The number of nitrogens with zero attached hydrogens (tertiary/aromatic N) is 1. The Morgan fingerprint density at radius 1 is 1.17 bits per heavy atom.